The SMILES string of the molecule is CCNC(CC)COCc1ccccc1F. The molecule has 0 heterocycles. The summed E-state index contributed by atoms with van der Waals surface area (Å²) in [6, 6.07) is 7.08. The van der Waals surface area contributed by atoms with Crippen molar-refractivity contribution in [1.29, 1.82) is 0 Å². The van der Waals surface area contributed by atoms with Crippen LogP contribution in [0.3, 0.4) is 0 Å². The molecule has 0 saturated carbocycles. The maximum Gasteiger partial charge on any atom is 0.128 e. The molecular formula is C13H20FNO. The van der Waals surface area contributed by atoms with Crippen LogP contribution in [0.15, 0.2) is 24.3 Å². The zero-order valence-electron chi connectivity index (χ0n) is 10.0. The molecular weight excluding hydrogens is 205 g/mol. The van der Waals surface area contributed by atoms with E-state index in [9.17, 15) is 4.39 Å². The van der Waals surface area contributed by atoms with Gasteiger partial charge in [-0.25, -0.2) is 4.39 Å². The van der Waals surface area contributed by atoms with Crippen molar-refractivity contribution in [2.45, 2.75) is 32.9 Å². The highest BCUT2D eigenvalue weighted by molar-refractivity contribution is 5.16. The molecule has 0 amide bonds. The smallest absolute Gasteiger partial charge is 0.128 e. The molecule has 16 heavy (non-hydrogen) atoms. The lowest BCUT2D eigenvalue weighted by atomic mass is 10.2. The van der Waals surface area contributed by atoms with Crippen molar-refractivity contribution in [2.75, 3.05) is 13.2 Å². The Bertz CT molecular complexity index is 304. The van der Waals surface area contributed by atoms with Crippen molar-refractivity contribution in [3.05, 3.63) is 35.6 Å². The molecule has 0 bridgehead atoms. The zero-order valence-corrected chi connectivity index (χ0v) is 10.0. The number of hydrogen-bond acceptors (Lipinski definition) is 2. The average molecular weight is 225 g/mol. The molecule has 0 aliphatic carbocycles. The van der Waals surface area contributed by atoms with Crippen LogP contribution in [0.4, 0.5) is 4.39 Å². The van der Waals surface area contributed by atoms with E-state index in [-0.39, 0.29) is 5.82 Å². The van der Waals surface area contributed by atoms with Crippen molar-refractivity contribution < 1.29 is 9.13 Å². The second-order valence-corrected chi connectivity index (χ2v) is 3.77. The van der Waals surface area contributed by atoms with Gasteiger partial charge in [-0.05, 0) is 19.0 Å². The number of benzene rings is 1. The summed E-state index contributed by atoms with van der Waals surface area (Å²) in [5, 5.41) is 3.31. The highest BCUT2D eigenvalue weighted by Gasteiger charge is 2.05. The third kappa shape index (κ3) is 4.29. The molecule has 1 aromatic rings. The van der Waals surface area contributed by atoms with Gasteiger partial charge in [0.05, 0.1) is 13.2 Å². The van der Waals surface area contributed by atoms with Gasteiger partial charge in [0.1, 0.15) is 5.82 Å². The Kier molecular flexibility index (Phi) is 6.04. The maximum atomic E-state index is 13.2. The standard InChI is InChI=1S/C13H20FNO/c1-3-12(15-4-2)10-16-9-11-7-5-6-8-13(11)14/h5-8,12,15H,3-4,9-10H2,1-2H3. The summed E-state index contributed by atoms with van der Waals surface area (Å²) in [6.07, 6.45) is 1.02. The van der Waals surface area contributed by atoms with E-state index < -0.39 is 0 Å². The van der Waals surface area contributed by atoms with Crippen LogP contribution in [-0.4, -0.2) is 19.2 Å². The van der Waals surface area contributed by atoms with E-state index in [4.69, 9.17) is 4.74 Å². The van der Waals surface area contributed by atoms with Gasteiger partial charge in [-0.3, -0.25) is 0 Å². The van der Waals surface area contributed by atoms with Crippen LogP contribution in [0.5, 0.6) is 0 Å². The van der Waals surface area contributed by atoms with Crippen LogP contribution in [0.2, 0.25) is 0 Å². The summed E-state index contributed by atoms with van der Waals surface area (Å²) in [7, 11) is 0. The number of halogens is 1. The number of ether oxygens (including phenoxy) is 1. The Morgan fingerprint density at radius 2 is 2.06 bits per heavy atom. The molecule has 1 rings (SSSR count). The van der Waals surface area contributed by atoms with E-state index in [1.807, 2.05) is 6.07 Å². The van der Waals surface area contributed by atoms with Crippen LogP contribution in [0, 0.1) is 5.82 Å². The molecule has 0 aromatic heterocycles. The van der Waals surface area contributed by atoms with Crippen LogP contribution >= 0.6 is 0 Å². The first kappa shape index (κ1) is 13.1. The molecule has 0 spiro atoms. The van der Waals surface area contributed by atoms with Crippen molar-refractivity contribution in [2.24, 2.45) is 0 Å². The Morgan fingerprint density at radius 3 is 2.69 bits per heavy atom. The Balaban J connectivity index is 2.32. The van der Waals surface area contributed by atoms with Gasteiger partial charge in [-0.2, -0.15) is 0 Å². The molecule has 3 heteroatoms. The van der Waals surface area contributed by atoms with Crippen molar-refractivity contribution in [3.8, 4) is 0 Å². The van der Waals surface area contributed by atoms with Crippen molar-refractivity contribution in [1.82, 2.24) is 5.32 Å². The first-order chi connectivity index (χ1) is 7.77. The molecule has 0 radical (unpaired) electrons. The second kappa shape index (κ2) is 7.36. The van der Waals surface area contributed by atoms with Crippen molar-refractivity contribution in [3.63, 3.8) is 0 Å². The fraction of sp³-hybridized carbons (Fsp3) is 0.538. The first-order valence-electron chi connectivity index (χ1n) is 5.82. The first-order valence-corrected chi connectivity index (χ1v) is 5.82. The Labute approximate surface area is 96.8 Å². The topological polar surface area (TPSA) is 21.3 Å². The zero-order chi connectivity index (χ0) is 11.8. The summed E-state index contributed by atoms with van der Waals surface area (Å²) in [5.74, 6) is -0.195. The number of nitrogens with one attached hydrogen (secondary N) is 1. The van der Waals surface area contributed by atoms with Crippen LogP contribution < -0.4 is 5.32 Å². The van der Waals surface area contributed by atoms with E-state index in [1.54, 1.807) is 12.1 Å². The van der Waals surface area contributed by atoms with Gasteiger partial charge in [0, 0.05) is 11.6 Å². The predicted molar refractivity (Wildman–Crippen MR) is 63.8 cm³/mol. The van der Waals surface area contributed by atoms with E-state index in [0.29, 0.717) is 24.8 Å². The van der Waals surface area contributed by atoms with E-state index in [2.05, 4.69) is 19.2 Å². The lowest BCUT2D eigenvalue weighted by molar-refractivity contribution is 0.0960. The summed E-state index contributed by atoms with van der Waals surface area (Å²) < 4.78 is 18.8. The number of hydrogen-bond donors (Lipinski definition) is 1. The fourth-order valence-corrected chi connectivity index (χ4v) is 1.54. The maximum absolute atomic E-state index is 13.2. The summed E-state index contributed by atoms with van der Waals surface area (Å²) in [5.41, 5.74) is 0.619. The largest absolute Gasteiger partial charge is 0.375 e. The highest BCUT2D eigenvalue weighted by atomic mass is 19.1. The third-order valence-electron chi connectivity index (χ3n) is 2.52. The van der Waals surface area contributed by atoms with E-state index in [0.717, 1.165) is 13.0 Å². The fourth-order valence-electron chi connectivity index (χ4n) is 1.54. The summed E-state index contributed by atoms with van der Waals surface area (Å²) in [4.78, 5) is 0. The molecule has 0 saturated heterocycles. The minimum atomic E-state index is -0.195. The highest BCUT2D eigenvalue weighted by Crippen LogP contribution is 2.07. The predicted octanol–water partition coefficient (Wildman–Crippen LogP) is 2.73. The Morgan fingerprint density at radius 1 is 1.31 bits per heavy atom. The van der Waals surface area contributed by atoms with Gasteiger partial charge < -0.3 is 10.1 Å². The van der Waals surface area contributed by atoms with Gasteiger partial charge in [0.25, 0.3) is 0 Å². The lowest BCUT2D eigenvalue weighted by Gasteiger charge is -2.15. The van der Waals surface area contributed by atoms with E-state index in [1.165, 1.54) is 6.07 Å². The van der Waals surface area contributed by atoms with Gasteiger partial charge >= 0.3 is 0 Å². The third-order valence-corrected chi connectivity index (χ3v) is 2.52. The second-order valence-electron chi connectivity index (χ2n) is 3.77. The van der Waals surface area contributed by atoms with Crippen molar-refractivity contribution >= 4 is 0 Å². The molecule has 0 aliphatic rings. The number of rotatable bonds is 7. The summed E-state index contributed by atoms with van der Waals surface area (Å²) in [6.45, 7) is 6.08. The van der Waals surface area contributed by atoms with Crippen LogP contribution in [0.1, 0.15) is 25.8 Å². The minimum absolute atomic E-state index is 0.195. The van der Waals surface area contributed by atoms with Gasteiger partial charge in [-0.1, -0.05) is 32.0 Å². The van der Waals surface area contributed by atoms with Crippen LogP contribution in [-0.2, 0) is 11.3 Å². The normalized spacial score (nSPS) is 12.7. The Hall–Kier alpha value is -0.930. The molecule has 1 N–H and O–H groups in total. The van der Waals surface area contributed by atoms with Crippen LogP contribution in [0.25, 0.3) is 0 Å². The van der Waals surface area contributed by atoms with Gasteiger partial charge in [0.15, 0.2) is 0 Å². The molecule has 1 aromatic carbocycles. The van der Waals surface area contributed by atoms with E-state index >= 15 is 0 Å². The molecule has 2 nitrogen and oxygen atoms in total. The molecule has 0 aliphatic heterocycles. The molecule has 0 fully saturated rings. The van der Waals surface area contributed by atoms with Gasteiger partial charge in [-0.15, -0.1) is 0 Å². The average Bonchev–Trinajstić information content (AvgIpc) is 2.30. The monoisotopic (exact) mass is 225 g/mol. The molecule has 1 unspecified atom stereocenters. The minimum Gasteiger partial charge on any atom is -0.375 e. The lowest BCUT2D eigenvalue weighted by Crippen LogP contribution is -2.32. The van der Waals surface area contributed by atoms with Gasteiger partial charge in [0.2, 0.25) is 0 Å². The quantitative estimate of drug-likeness (QED) is 0.770. The number of likely N-dealkylation sites (N-methyl/N-ethyl adjacent to an activating group) is 1. The molecule has 1 atom stereocenters. The summed E-state index contributed by atoms with van der Waals surface area (Å²) >= 11 is 0. The molecule has 90 valence electrons.